The number of hydrogen-bond donors (Lipinski definition) is 2. The zero-order valence-corrected chi connectivity index (χ0v) is 15.9. The van der Waals surface area contributed by atoms with Crippen LogP contribution < -0.4 is 5.32 Å². The van der Waals surface area contributed by atoms with Gasteiger partial charge in [0.25, 0.3) is 0 Å². The molecule has 146 valence electrons. The molecule has 0 spiro atoms. The van der Waals surface area contributed by atoms with Gasteiger partial charge in [-0.2, -0.15) is 0 Å². The number of carbonyl (C=O) groups excluding carboxylic acids is 1. The van der Waals surface area contributed by atoms with E-state index in [1.807, 2.05) is 28.8 Å². The number of β-amino-alcohol motifs (C(OH)–C–C–N with tert-alkyl or cyclic N) is 1. The lowest BCUT2D eigenvalue weighted by Crippen LogP contribution is -2.42. The van der Waals surface area contributed by atoms with Crippen molar-refractivity contribution < 1.29 is 9.90 Å². The maximum Gasteiger partial charge on any atom is 0.221 e. The summed E-state index contributed by atoms with van der Waals surface area (Å²) in [5, 5.41) is 13.2. The van der Waals surface area contributed by atoms with Gasteiger partial charge in [0, 0.05) is 39.1 Å². The van der Waals surface area contributed by atoms with Gasteiger partial charge in [0.2, 0.25) is 5.91 Å². The van der Waals surface area contributed by atoms with Gasteiger partial charge in [-0.3, -0.25) is 9.69 Å². The fourth-order valence-electron chi connectivity index (χ4n) is 3.80. The molecule has 0 saturated carbocycles. The van der Waals surface area contributed by atoms with Gasteiger partial charge < -0.3 is 15.0 Å². The number of fused-ring (bicyclic) bond motifs is 2. The summed E-state index contributed by atoms with van der Waals surface area (Å²) in [7, 11) is 0. The number of carbonyl (C=O) groups is 1. The van der Waals surface area contributed by atoms with Crippen LogP contribution in [-0.2, 0) is 24.3 Å². The fraction of sp³-hybridized carbons (Fsp3) is 0.364. The molecule has 4 rings (SSSR count). The first-order chi connectivity index (χ1) is 13.7. The minimum absolute atomic E-state index is 0.0548. The largest absolute Gasteiger partial charge is 0.390 e. The molecule has 0 saturated heterocycles. The topological polar surface area (TPSA) is 70.4 Å². The number of para-hydroxylation sites is 2. The number of aryl methyl sites for hydroxylation is 1. The molecular weight excluding hydrogens is 352 g/mol. The molecule has 0 fully saturated rings. The number of amides is 1. The van der Waals surface area contributed by atoms with Crippen molar-refractivity contribution in [3.63, 3.8) is 0 Å². The number of benzene rings is 2. The Morgan fingerprint density at radius 3 is 2.82 bits per heavy atom. The number of nitrogens with zero attached hydrogens (tertiary/aromatic N) is 3. The van der Waals surface area contributed by atoms with Crippen molar-refractivity contribution >= 4 is 16.9 Å². The zero-order chi connectivity index (χ0) is 19.3. The van der Waals surface area contributed by atoms with Crippen molar-refractivity contribution in [2.75, 3.05) is 19.6 Å². The van der Waals surface area contributed by atoms with Gasteiger partial charge in [0.05, 0.1) is 23.5 Å². The average molecular weight is 378 g/mol. The van der Waals surface area contributed by atoms with Crippen LogP contribution >= 0.6 is 0 Å². The summed E-state index contributed by atoms with van der Waals surface area (Å²) in [6.45, 7) is 3.22. The van der Waals surface area contributed by atoms with Crippen LogP contribution in [0.3, 0.4) is 0 Å². The van der Waals surface area contributed by atoms with Gasteiger partial charge in [-0.25, -0.2) is 4.98 Å². The third-order valence-electron chi connectivity index (χ3n) is 5.32. The highest BCUT2D eigenvalue weighted by Crippen LogP contribution is 2.18. The third-order valence-corrected chi connectivity index (χ3v) is 5.32. The second-order valence-electron chi connectivity index (χ2n) is 7.39. The van der Waals surface area contributed by atoms with Crippen LogP contribution in [0.4, 0.5) is 0 Å². The molecule has 1 aromatic heterocycles. The minimum atomic E-state index is -0.566. The highest BCUT2D eigenvalue weighted by molar-refractivity contribution is 5.77. The molecular formula is C22H26N4O2. The van der Waals surface area contributed by atoms with Crippen molar-refractivity contribution in [2.45, 2.75) is 32.0 Å². The number of hydrogen-bond acceptors (Lipinski definition) is 4. The van der Waals surface area contributed by atoms with E-state index in [0.717, 1.165) is 30.5 Å². The number of nitrogens with one attached hydrogen (secondary N) is 1. The Morgan fingerprint density at radius 1 is 1.14 bits per heavy atom. The molecule has 28 heavy (non-hydrogen) atoms. The molecule has 2 heterocycles. The van der Waals surface area contributed by atoms with Gasteiger partial charge in [0.15, 0.2) is 0 Å². The Kier molecular flexibility index (Phi) is 5.69. The molecule has 2 aromatic carbocycles. The lowest BCUT2D eigenvalue weighted by molar-refractivity contribution is -0.121. The number of aromatic nitrogens is 2. The number of rotatable bonds is 7. The van der Waals surface area contributed by atoms with E-state index in [1.54, 1.807) is 6.33 Å². The van der Waals surface area contributed by atoms with Crippen LogP contribution in [0.1, 0.15) is 17.5 Å². The molecule has 3 aromatic rings. The molecule has 1 aliphatic heterocycles. The van der Waals surface area contributed by atoms with Gasteiger partial charge in [-0.1, -0.05) is 36.4 Å². The van der Waals surface area contributed by atoms with Crippen LogP contribution in [0.15, 0.2) is 54.9 Å². The SMILES string of the molecule is O=C(CCn1cnc2ccccc21)NC[C@H](O)CN1CCc2ccccc2C1. The van der Waals surface area contributed by atoms with Gasteiger partial charge in [-0.15, -0.1) is 0 Å². The number of aliphatic hydroxyl groups is 1. The van der Waals surface area contributed by atoms with E-state index in [4.69, 9.17) is 0 Å². The molecule has 6 nitrogen and oxygen atoms in total. The quantitative estimate of drug-likeness (QED) is 0.659. The third kappa shape index (κ3) is 4.40. The first kappa shape index (κ1) is 18.7. The summed E-state index contributed by atoms with van der Waals surface area (Å²) in [6.07, 6.45) is 2.57. The molecule has 6 heteroatoms. The predicted octanol–water partition coefficient (Wildman–Crippen LogP) is 1.96. The van der Waals surface area contributed by atoms with Crippen LogP contribution in [-0.4, -0.2) is 51.2 Å². The summed E-state index contributed by atoms with van der Waals surface area (Å²) < 4.78 is 1.98. The summed E-state index contributed by atoms with van der Waals surface area (Å²) in [6, 6.07) is 16.3. The lowest BCUT2D eigenvalue weighted by atomic mass is 10.00. The summed E-state index contributed by atoms with van der Waals surface area (Å²) >= 11 is 0. The Labute approximate surface area is 164 Å². The molecule has 0 aliphatic carbocycles. The van der Waals surface area contributed by atoms with Crippen LogP contribution in [0, 0.1) is 0 Å². The van der Waals surface area contributed by atoms with E-state index < -0.39 is 6.10 Å². The van der Waals surface area contributed by atoms with Gasteiger partial charge in [0.1, 0.15) is 0 Å². The van der Waals surface area contributed by atoms with Crippen LogP contribution in [0.25, 0.3) is 11.0 Å². The van der Waals surface area contributed by atoms with Crippen LogP contribution in [0.5, 0.6) is 0 Å². The van der Waals surface area contributed by atoms with Crippen LogP contribution in [0.2, 0.25) is 0 Å². The van der Waals surface area contributed by atoms with E-state index in [-0.39, 0.29) is 12.5 Å². The monoisotopic (exact) mass is 378 g/mol. The van der Waals surface area contributed by atoms with Crippen molar-refractivity contribution in [1.82, 2.24) is 19.8 Å². The normalized spacial score (nSPS) is 15.3. The number of aliphatic hydroxyl groups excluding tert-OH is 1. The first-order valence-corrected chi connectivity index (χ1v) is 9.83. The molecule has 0 radical (unpaired) electrons. The first-order valence-electron chi connectivity index (χ1n) is 9.83. The van der Waals surface area contributed by atoms with Gasteiger partial charge in [-0.05, 0) is 29.7 Å². The second kappa shape index (κ2) is 8.54. The molecule has 2 N–H and O–H groups in total. The maximum absolute atomic E-state index is 12.2. The van der Waals surface area contributed by atoms with Crippen molar-refractivity contribution in [2.24, 2.45) is 0 Å². The lowest BCUT2D eigenvalue weighted by Gasteiger charge is -2.30. The zero-order valence-electron chi connectivity index (χ0n) is 15.9. The number of imidazole rings is 1. The Balaban J connectivity index is 1.20. The van der Waals surface area contributed by atoms with E-state index >= 15 is 0 Å². The van der Waals surface area contributed by atoms with Gasteiger partial charge >= 0.3 is 0 Å². The highest BCUT2D eigenvalue weighted by Gasteiger charge is 2.18. The molecule has 1 amide bonds. The summed E-state index contributed by atoms with van der Waals surface area (Å²) in [4.78, 5) is 18.7. The molecule has 1 aliphatic rings. The Hall–Kier alpha value is -2.70. The van der Waals surface area contributed by atoms with Crippen molar-refractivity contribution in [1.29, 1.82) is 0 Å². The fourth-order valence-corrected chi connectivity index (χ4v) is 3.80. The van der Waals surface area contributed by atoms with E-state index in [0.29, 0.717) is 19.5 Å². The molecule has 1 atom stereocenters. The molecule has 0 bridgehead atoms. The summed E-state index contributed by atoms with van der Waals surface area (Å²) in [5.41, 5.74) is 4.69. The Bertz CT molecular complexity index is 952. The summed E-state index contributed by atoms with van der Waals surface area (Å²) in [5.74, 6) is -0.0548. The molecule has 0 unspecified atom stereocenters. The second-order valence-corrected chi connectivity index (χ2v) is 7.39. The minimum Gasteiger partial charge on any atom is -0.390 e. The average Bonchev–Trinajstić information content (AvgIpc) is 3.14. The Morgan fingerprint density at radius 2 is 1.93 bits per heavy atom. The highest BCUT2D eigenvalue weighted by atomic mass is 16.3. The maximum atomic E-state index is 12.2. The standard InChI is InChI=1S/C22H26N4O2/c27-19(15-25-11-9-17-5-1-2-6-18(17)14-25)13-23-22(28)10-12-26-16-24-20-7-3-4-8-21(20)26/h1-8,16,19,27H,9-15H2,(H,23,28)/t19-/m0/s1. The van der Waals surface area contributed by atoms with Crippen molar-refractivity contribution in [3.05, 3.63) is 66.0 Å². The van der Waals surface area contributed by atoms with Crippen molar-refractivity contribution in [3.8, 4) is 0 Å². The smallest absolute Gasteiger partial charge is 0.221 e. The van der Waals surface area contributed by atoms with E-state index in [2.05, 4.69) is 39.5 Å². The van der Waals surface area contributed by atoms with E-state index in [1.165, 1.54) is 11.1 Å². The van der Waals surface area contributed by atoms with E-state index in [9.17, 15) is 9.90 Å². The predicted molar refractivity (Wildman–Crippen MR) is 109 cm³/mol.